The summed E-state index contributed by atoms with van der Waals surface area (Å²) in [5.74, 6) is -0.486. The molecule has 5 aromatic carbocycles. The zero-order valence-corrected chi connectivity index (χ0v) is 46.3. The lowest BCUT2D eigenvalue weighted by atomic mass is 9.88. The number of nitrogens with two attached hydrogens (primary N) is 1. The van der Waals surface area contributed by atoms with E-state index in [2.05, 4.69) is 94.6 Å². The molecule has 410 valence electrons. The van der Waals surface area contributed by atoms with Crippen molar-refractivity contribution in [3.05, 3.63) is 167 Å². The van der Waals surface area contributed by atoms with Crippen LogP contribution in [0.2, 0.25) is 0 Å². The number of amides is 3. The van der Waals surface area contributed by atoms with Crippen molar-refractivity contribution in [1.82, 2.24) is 35.4 Å². The second kappa shape index (κ2) is 24.4. The van der Waals surface area contributed by atoms with Gasteiger partial charge in [0.05, 0.1) is 43.8 Å². The third-order valence-corrected chi connectivity index (χ3v) is 16.0. The van der Waals surface area contributed by atoms with Crippen LogP contribution in [0.5, 0.6) is 0 Å². The number of ether oxygens (including phenoxy) is 1. The minimum Gasteiger partial charge on any atom is -0.397 e. The van der Waals surface area contributed by atoms with E-state index in [1.807, 2.05) is 93.9 Å². The van der Waals surface area contributed by atoms with Crippen molar-refractivity contribution in [3.8, 4) is 33.0 Å². The summed E-state index contributed by atoms with van der Waals surface area (Å²) in [4.78, 5) is 71.1. The quantitative estimate of drug-likeness (QED) is 0.0356. The van der Waals surface area contributed by atoms with Crippen molar-refractivity contribution in [2.45, 2.75) is 58.2 Å². The highest BCUT2D eigenvalue weighted by molar-refractivity contribution is 7.14. The second-order valence-electron chi connectivity index (χ2n) is 21.1. The van der Waals surface area contributed by atoms with E-state index in [9.17, 15) is 23.6 Å². The summed E-state index contributed by atoms with van der Waals surface area (Å²) in [5.41, 5.74) is 13.1. The van der Waals surface area contributed by atoms with E-state index in [1.165, 1.54) is 12.1 Å². The Balaban J connectivity index is 0.702. The maximum absolute atomic E-state index is 14.7. The number of nitrogen functional groups attached to an aromatic ring is 1. The monoisotopic (exact) mass is 1080 g/mol. The van der Waals surface area contributed by atoms with E-state index in [-0.39, 0.29) is 46.6 Å². The Morgan fingerprint density at radius 3 is 2.38 bits per heavy atom. The fraction of sp³-hybridized carbons (Fsp3) is 0.306. The Labute approximate surface area is 464 Å². The van der Waals surface area contributed by atoms with Gasteiger partial charge in [-0.2, -0.15) is 0 Å². The molecule has 15 nitrogen and oxygen atoms in total. The predicted molar refractivity (Wildman–Crippen MR) is 316 cm³/mol. The van der Waals surface area contributed by atoms with Crippen LogP contribution < -0.4 is 32.1 Å². The van der Waals surface area contributed by atoms with E-state index in [0.717, 1.165) is 75.8 Å². The number of likely N-dealkylation sites (N-methyl/N-ethyl adjacent to an activating group) is 2. The molecule has 8 aromatic rings. The highest BCUT2D eigenvalue weighted by atomic mass is 32.1. The zero-order chi connectivity index (χ0) is 55.8. The number of piperazine rings is 1. The maximum Gasteiger partial charge on any atom is 0.261 e. The zero-order valence-electron chi connectivity index (χ0n) is 45.5. The first kappa shape index (κ1) is 55.8. The minimum absolute atomic E-state index is 0.0350. The SMILES string of the molecule is C=CC(C)(CCC(=O)NCCN1CCN(c2ccc3nc(-c4c(N)c5c(F)cccc5[nH]c4=O)[nH]c3c2)CC1)OCCC(C)(C)C(=O)Nc1ccsc1-c1cccc(-c2ccc(CN(C)C(C(=O)NC)c3ccccc3)cc2)c1. The van der Waals surface area contributed by atoms with Gasteiger partial charge >= 0.3 is 0 Å². The lowest BCUT2D eigenvalue weighted by Crippen LogP contribution is -2.48. The second-order valence-corrected chi connectivity index (χ2v) is 22.0. The minimum atomic E-state index is -0.762. The number of carbonyl (C=O) groups is 3. The van der Waals surface area contributed by atoms with E-state index < -0.39 is 28.4 Å². The predicted octanol–water partition coefficient (Wildman–Crippen LogP) is 10.1. The number of pyridine rings is 1. The fourth-order valence-electron chi connectivity index (χ4n) is 10.1. The molecule has 3 aromatic heterocycles. The van der Waals surface area contributed by atoms with E-state index in [1.54, 1.807) is 30.5 Å². The molecule has 2 unspecified atom stereocenters. The van der Waals surface area contributed by atoms with E-state index in [4.69, 9.17) is 10.5 Å². The topological polar surface area (TPSA) is 194 Å². The van der Waals surface area contributed by atoms with Crippen LogP contribution in [0.1, 0.15) is 57.2 Å². The number of aromatic amines is 2. The molecule has 1 aliphatic rings. The van der Waals surface area contributed by atoms with Gasteiger partial charge in [-0.05, 0) is 102 Å². The first-order valence-corrected chi connectivity index (χ1v) is 27.6. The summed E-state index contributed by atoms with van der Waals surface area (Å²) >= 11 is 1.57. The first-order chi connectivity index (χ1) is 38.0. The molecule has 1 aliphatic heterocycles. The Morgan fingerprint density at radius 1 is 0.886 bits per heavy atom. The summed E-state index contributed by atoms with van der Waals surface area (Å²) in [5, 5.41) is 11.2. The summed E-state index contributed by atoms with van der Waals surface area (Å²) < 4.78 is 21.1. The number of imidazole rings is 1. The molecule has 1 fully saturated rings. The number of aromatic nitrogens is 3. The van der Waals surface area contributed by atoms with Gasteiger partial charge in [-0.1, -0.05) is 98.8 Å². The van der Waals surface area contributed by atoms with Crippen molar-refractivity contribution >= 4 is 68.1 Å². The van der Waals surface area contributed by atoms with Gasteiger partial charge in [0.25, 0.3) is 5.56 Å². The van der Waals surface area contributed by atoms with Crippen molar-refractivity contribution in [2.75, 3.05) is 75.9 Å². The molecular weight excluding hydrogens is 1020 g/mol. The van der Waals surface area contributed by atoms with Gasteiger partial charge in [-0.3, -0.25) is 29.0 Å². The molecular formula is C62H69FN10O5S. The largest absolute Gasteiger partial charge is 0.397 e. The summed E-state index contributed by atoms with van der Waals surface area (Å²) in [6, 6.07) is 38.4. The average Bonchev–Trinajstić information content (AvgIpc) is 4.24. The number of hydrogen-bond donors (Lipinski definition) is 6. The Hall–Kier alpha value is -7.96. The molecule has 79 heavy (non-hydrogen) atoms. The van der Waals surface area contributed by atoms with Gasteiger partial charge in [-0.25, -0.2) is 9.37 Å². The van der Waals surface area contributed by atoms with Crippen LogP contribution in [0.15, 0.2) is 144 Å². The number of anilines is 3. The van der Waals surface area contributed by atoms with Crippen LogP contribution >= 0.6 is 11.3 Å². The molecule has 9 rings (SSSR count). The van der Waals surface area contributed by atoms with Crippen LogP contribution in [0.3, 0.4) is 0 Å². The Morgan fingerprint density at radius 2 is 1.63 bits per heavy atom. The average molecular weight is 1090 g/mol. The summed E-state index contributed by atoms with van der Waals surface area (Å²) in [6.07, 6.45) is 2.88. The number of hydrogen-bond acceptors (Lipinski definition) is 11. The van der Waals surface area contributed by atoms with Crippen LogP contribution in [-0.4, -0.2) is 108 Å². The van der Waals surface area contributed by atoms with Crippen LogP contribution in [0.4, 0.5) is 21.5 Å². The fourth-order valence-corrected chi connectivity index (χ4v) is 11.0. The number of rotatable bonds is 22. The number of halogens is 1. The molecule has 0 spiro atoms. The normalized spacial score (nSPS) is 14.3. The molecule has 3 amide bonds. The van der Waals surface area contributed by atoms with Crippen molar-refractivity contribution < 1.29 is 23.5 Å². The van der Waals surface area contributed by atoms with Gasteiger partial charge in [0.2, 0.25) is 17.7 Å². The highest BCUT2D eigenvalue weighted by Gasteiger charge is 2.31. The highest BCUT2D eigenvalue weighted by Crippen LogP contribution is 2.38. The third kappa shape index (κ3) is 13.0. The molecule has 0 aliphatic carbocycles. The molecule has 4 heterocycles. The molecule has 7 N–H and O–H groups in total. The van der Waals surface area contributed by atoms with E-state index >= 15 is 0 Å². The van der Waals surface area contributed by atoms with Gasteiger partial charge in [0.1, 0.15) is 23.2 Å². The third-order valence-electron chi connectivity index (χ3n) is 15.1. The van der Waals surface area contributed by atoms with Crippen molar-refractivity contribution in [3.63, 3.8) is 0 Å². The number of nitrogens with zero attached hydrogens (tertiary/aromatic N) is 4. The lowest BCUT2D eigenvalue weighted by Gasteiger charge is -2.36. The first-order valence-electron chi connectivity index (χ1n) is 26.7. The number of H-pyrrole nitrogens is 2. The number of fused-ring (bicyclic) bond motifs is 2. The summed E-state index contributed by atoms with van der Waals surface area (Å²) in [7, 11) is 3.62. The Kier molecular flexibility index (Phi) is 17.2. The van der Waals surface area contributed by atoms with Crippen LogP contribution in [-0.2, 0) is 25.7 Å². The van der Waals surface area contributed by atoms with E-state index in [0.29, 0.717) is 50.1 Å². The molecule has 0 bridgehead atoms. The summed E-state index contributed by atoms with van der Waals surface area (Å²) in [6.45, 7) is 15.1. The van der Waals surface area contributed by atoms with Gasteiger partial charge in [0, 0.05) is 77.0 Å². The standard InChI is InChI=1S/C62H69FN10O5S/c1-7-62(4,27-25-51(74)66-29-30-72-31-33-73(34-32-72)45-23-24-47-50(38-45)68-57(67-47)53-54(64)52-46(63)17-12-18-48(52)69-58(53)75)78-35-28-61(2,3)60(77)70-49-26-36-79-56(49)44-16-11-15-43(37-44)41-21-19-40(20-22-41)39-71(6)55(59(76)65-5)42-13-9-8-10-14-42/h7-24,26,36-38,55H,1,25,27-35,39H2,2-6H3,(H,65,76)(H,66,74)(H,67,68)(H,70,77)(H3,64,69,75). The van der Waals surface area contributed by atoms with Crippen LogP contribution in [0.25, 0.3) is 54.9 Å². The molecule has 1 saturated heterocycles. The van der Waals surface area contributed by atoms with Gasteiger partial charge < -0.3 is 41.3 Å². The van der Waals surface area contributed by atoms with Crippen molar-refractivity contribution in [1.29, 1.82) is 0 Å². The molecule has 17 heteroatoms. The van der Waals surface area contributed by atoms with Crippen molar-refractivity contribution in [2.24, 2.45) is 5.41 Å². The lowest BCUT2D eigenvalue weighted by molar-refractivity contribution is -0.126. The van der Waals surface area contributed by atoms with Crippen LogP contribution in [0, 0.1) is 11.2 Å². The smallest absolute Gasteiger partial charge is 0.261 e. The number of thiophene rings is 1. The number of carbonyl (C=O) groups excluding carboxylic acids is 3. The number of nitrogens with one attached hydrogen (secondary N) is 5. The molecule has 0 saturated carbocycles. The molecule has 2 atom stereocenters. The van der Waals surface area contributed by atoms with Gasteiger partial charge in [0.15, 0.2) is 0 Å². The Bertz CT molecular complexity index is 3530. The maximum atomic E-state index is 14.7. The van der Waals surface area contributed by atoms with Gasteiger partial charge in [-0.15, -0.1) is 17.9 Å². The molecule has 0 radical (unpaired) electrons. The number of benzene rings is 5.